The van der Waals surface area contributed by atoms with Crippen LogP contribution in [-0.4, -0.2) is 40.0 Å². The van der Waals surface area contributed by atoms with Gasteiger partial charge in [0, 0.05) is 38.3 Å². The molecule has 1 fully saturated rings. The zero-order chi connectivity index (χ0) is 12.3. The van der Waals surface area contributed by atoms with Crippen molar-refractivity contribution in [3.63, 3.8) is 0 Å². The van der Waals surface area contributed by atoms with E-state index in [-0.39, 0.29) is 11.9 Å². The van der Waals surface area contributed by atoms with Crippen LogP contribution in [0.2, 0.25) is 0 Å². The van der Waals surface area contributed by atoms with Crippen LogP contribution in [0.1, 0.15) is 18.0 Å². The van der Waals surface area contributed by atoms with E-state index in [1.165, 1.54) is 6.08 Å². The predicted octanol–water partition coefficient (Wildman–Crippen LogP) is -0.437. The molecule has 1 aliphatic heterocycles. The van der Waals surface area contributed by atoms with Crippen LogP contribution in [0.25, 0.3) is 0 Å². The van der Waals surface area contributed by atoms with Gasteiger partial charge in [0.1, 0.15) is 0 Å². The number of hydrogen-bond acceptors (Lipinski definition) is 4. The van der Waals surface area contributed by atoms with Gasteiger partial charge in [-0.15, -0.1) is 5.10 Å². The minimum Gasteiger partial charge on any atom is -0.349 e. The zero-order valence-electron chi connectivity index (χ0n) is 9.89. The second-order valence-corrected chi connectivity index (χ2v) is 4.32. The van der Waals surface area contributed by atoms with Crippen LogP contribution in [-0.2, 0) is 11.8 Å². The molecule has 0 aliphatic carbocycles. The molecule has 2 heterocycles. The first-order valence-corrected chi connectivity index (χ1v) is 5.69. The van der Waals surface area contributed by atoms with Gasteiger partial charge in [0.05, 0.1) is 5.69 Å². The van der Waals surface area contributed by atoms with Crippen LogP contribution in [0.5, 0.6) is 0 Å². The van der Waals surface area contributed by atoms with E-state index in [1.807, 2.05) is 13.2 Å². The largest absolute Gasteiger partial charge is 0.349 e. The summed E-state index contributed by atoms with van der Waals surface area (Å²) in [6, 6.07) is 0.126. The molecule has 0 radical (unpaired) electrons. The molecule has 17 heavy (non-hydrogen) atoms. The smallest absolute Gasteiger partial charge is 0.243 e. The summed E-state index contributed by atoms with van der Waals surface area (Å²) >= 11 is 0. The predicted molar refractivity (Wildman–Crippen MR) is 63.4 cm³/mol. The van der Waals surface area contributed by atoms with E-state index in [2.05, 4.69) is 27.5 Å². The second kappa shape index (κ2) is 5.09. The highest BCUT2D eigenvalue weighted by Gasteiger charge is 2.25. The lowest BCUT2D eigenvalue weighted by atomic mass is 9.93. The standard InChI is InChI=1S/C11H17N5O/c1-3-11(17)13-9-4-8(5-12-6-9)10-7-16(2)15-14-10/h3,7-9,12H,1,4-6H2,2H3,(H,13,17)/t8-,9+/m1/s1. The minimum absolute atomic E-state index is 0.126. The summed E-state index contributed by atoms with van der Waals surface area (Å²) in [5, 5.41) is 14.2. The number of aryl methyl sites for hydroxylation is 1. The SMILES string of the molecule is C=CC(=O)N[C@@H]1CNC[C@H](c2cn(C)nn2)C1. The lowest BCUT2D eigenvalue weighted by Crippen LogP contribution is -2.47. The molecule has 0 aromatic carbocycles. The molecule has 2 atom stereocenters. The number of amides is 1. The van der Waals surface area contributed by atoms with E-state index in [4.69, 9.17) is 0 Å². The molecule has 2 rings (SSSR count). The van der Waals surface area contributed by atoms with E-state index < -0.39 is 0 Å². The van der Waals surface area contributed by atoms with Crippen LogP contribution >= 0.6 is 0 Å². The summed E-state index contributed by atoms with van der Waals surface area (Å²) in [4.78, 5) is 11.2. The summed E-state index contributed by atoms with van der Waals surface area (Å²) in [7, 11) is 1.85. The highest BCUT2D eigenvalue weighted by Crippen LogP contribution is 2.20. The van der Waals surface area contributed by atoms with Gasteiger partial charge < -0.3 is 10.6 Å². The van der Waals surface area contributed by atoms with Gasteiger partial charge in [-0.3, -0.25) is 9.48 Å². The van der Waals surface area contributed by atoms with Crippen molar-refractivity contribution in [2.24, 2.45) is 7.05 Å². The molecule has 2 N–H and O–H groups in total. The number of nitrogens with zero attached hydrogens (tertiary/aromatic N) is 3. The third-order valence-corrected chi connectivity index (χ3v) is 2.92. The first-order chi connectivity index (χ1) is 8.19. The van der Waals surface area contributed by atoms with Crippen molar-refractivity contribution in [3.8, 4) is 0 Å². The van der Waals surface area contributed by atoms with E-state index in [0.717, 1.165) is 25.2 Å². The summed E-state index contributed by atoms with van der Waals surface area (Å²) in [6.45, 7) is 5.11. The number of nitrogens with one attached hydrogen (secondary N) is 2. The highest BCUT2D eigenvalue weighted by atomic mass is 16.1. The Kier molecular flexibility index (Phi) is 3.53. The lowest BCUT2D eigenvalue weighted by Gasteiger charge is -2.29. The normalized spacial score (nSPS) is 24.3. The Balaban J connectivity index is 1.97. The fourth-order valence-corrected chi connectivity index (χ4v) is 2.09. The first-order valence-electron chi connectivity index (χ1n) is 5.69. The number of rotatable bonds is 3. The minimum atomic E-state index is -0.128. The van der Waals surface area contributed by atoms with Crippen molar-refractivity contribution in [1.82, 2.24) is 25.6 Å². The van der Waals surface area contributed by atoms with E-state index in [0.29, 0.717) is 5.92 Å². The fourth-order valence-electron chi connectivity index (χ4n) is 2.09. The third kappa shape index (κ3) is 2.91. The Hall–Kier alpha value is -1.69. The molecule has 1 amide bonds. The van der Waals surface area contributed by atoms with Crippen LogP contribution in [0.15, 0.2) is 18.9 Å². The Bertz CT molecular complexity index is 414. The Labute approximate surface area is 100 Å². The number of aromatic nitrogens is 3. The van der Waals surface area contributed by atoms with E-state index in [9.17, 15) is 4.79 Å². The zero-order valence-corrected chi connectivity index (χ0v) is 9.89. The van der Waals surface area contributed by atoms with Gasteiger partial charge in [-0.05, 0) is 12.5 Å². The van der Waals surface area contributed by atoms with Gasteiger partial charge in [-0.1, -0.05) is 11.8 Å². The van der Waals surface area contributed by atoms with Crippen molar-refractivity contribution in [1.29, 1.82) is 0 Å². The van der Waals surface area contributed by atoms with Gasteiger partial charge in [0.15, 0.2) is 0 Å². The van der Waals surface area contributed by atoms with Crippen LogP contribution < -0.4 is 10.6 Å². The maximum Gasteiger partial charge on any atom is 0.243 e. The maximum absolute atomic E-state index is 11.2. The molecule has 6 nitrogen and oxygen atoms in total. The molecule has 1 aliphatic rings. The quantitative estimate of drug-likeness (QED) is 0.697. The average molecular weight is 235 g/mol. The molecule has 0 spiro atoms. The van der Waals surface area contributed by atoms with Crippen LogP contribution in [0, 0.1) is 0 Å². The van der Waals surface area contributed by atoms with Gasteiger partial charge in [-0.25, -0.2) is 0 Å². The Morgan fingerprint density at radius 1 is 1.71 bits per heavy atom. The maximum atomic E-state index is 11.2. The fraction of sp³-hybridized carbons (Fsp3) is 0.545. The van der Waals surface area contributed by atoms with Crippen molar-refractivity contribution >= 4 is 5.91 Å². The van der Waals surface area contributed by atoms with Crippen molar-refractivity contribution in [2.75, 3.05) is 13.1 Å². The third-order valence-electron chi connectivity index (χ3n) is 2.92. The first kappa shape index (κ1) is 11.8. The molecular formula is C11H17N5O. The van der Waals surface area contributed by atoms with Crippen molar-refractivity contribution < 1.29 is 4.79 Å². The van der Waals surface area contributed by atoms with Gasteiger partial charge in [0.25, 0.3) is 0 Å². The van der Waals surface area contributed by atoms with E-state index in [1.54, 1.807) is 4.68 Å². The van der Waals surface area contributed by atoms with Crippen molar-refractivity contribution in [3.05, 3.63) is 24.5 Å². The molecule has 0 saturated carbocycles. The molecular weight excluding hydrogens is 218 g/mol. The van der Waals surface area contributed by atoms with Gasteiger partial charge in [0.2, 0.25) is 5.91 Å². The molecule has 0 bridgehead atoms. The second-order valence-electron chi connectivity index (χ2n) is 4.32. The summed E-state index contributed by atoms with van der Waals surface area (Å²) in [5.41, 5.74) is 0.970. The summed E-state index contributed by atoms with van der Waals surface area (Å²) in [6.07, 6.45) is 4.10. The highest BCUT2D eigenvalue weighted by molar-refractivity contribution is 5.87. The van der Waals surface area contributed by atoms with Crippen molar-refractivity contribution in [2.45, 2.75) is 18.4 Å². The number of carbonyl (C=O) groups is 1. The average Bonchev–Trinajstić information content (AvgIpc) is 2.76. The van der Waals surface area contributed by atoms with Crippen LogP contribution in [0.4, 0.5) is 0 Å². The Morgan fingerprint density at radius 2 is 2.53 bits per heavy atom. The number of carbonyl (C=O) groups excluding carboxylic acids is 1. The monoisotopic (exact) mass is 235 g/mol. The van der Waals surface area contributed by atoms with Gasteiger partial charge in [-0.2, -0.15) is 0 Å². The number of piperidine rings is 1. The molecule has 92 valence electrons. The molecule has 1 aromatic heterocycles. The van der Waals surface area contributed by atoms with E-state index >= 15 is 0 Å². The molecule has 0 unspecified atom stereocenters. The van der Waals surface area contributed by atoms with Gasteiger partial charge >= 0.3 is 0 Å². The summed E-state index contributed by atoms with van der Waals surface area (Å²) < 4.78 is 1.70. The lowest BCUT2D eigenvalue weighted by molar-refractivity contribution is -0.117. The molecule has 1 aromatic rings. The molecule has 6 heteroatoms. The van der Waals surface area contributed by atoms with Crippen LogP contribution in [0.3, 0.4) is 0 Å². The topological polar surface area (TPSA) is 71.8 Å². The number of hydrogen-bond donors (Lipinski definition) is 2. The summed E-state index contributed by atoms with van der Waals surface area (Å²) in [5.74, 6) is 0.171. The Morgan fingerprint density at radius 3 is 3.18 bits per heavy atom. The molecule has 1 saturated heterocycles.